The Bertz CT molecular complexity index is 899. The van der Waals surface area contributed by atoms with E-state index >= 15 is 0 Å². The van der Waals surface area contributed by atoms with Gasteiger partial charge in [0.2, 0.25) is 5.82 Å². The highest BCUT2D eigenvalue weighted by molar-refractivity contribution is 5.73. The van der Waals surface area contributed by atoms with Crippen LogP contribution in [0.25, 0.3) is 11.4 Å². The second-order valence-electron chi connectivity index (χ2n) is 5.63. The molecule has 0 amide bonds. The third-order valence-electron chi connectivity index (χ3n) is 3.91. The van der Waals surface area contributed by atoms with Gasteiger partial charge in [-0.3, -0.25) is 9.48 Å². The monoisotopic (exact) mass is 344 g/mol. The first-order chi connectivity index (χ1) is 11.9. The molecule has 0 atom stereocenters. The van der Waals surface area contributed by atoms with Crippen molar-refractivity contribution in [3.8, 4) is 11.4 Å². The molecule has 3 aromatic rings. The van der Waals surface area contributed by atoms with Gasteiger partial charge in [0, 0.05) is 23.9 Å². The minimum atomic E-state index is -0.402. The minimum absolute atomic E-state index is 0.120. The van der Waals surface area contributed by atoms with Gasteiger partial charge >= 0.3 is 5.97 Å². The number of carbonyl (C=O) groups excluding carboxylic acids is 1. The van der Waals surface area contributed by atoms with Crippen molar-refractivity contribution in [1.82, 2.24) is 19.9 Å². The lowest BCUT2D eigenvalue weighted by atomic mass is 10.1. The fraction of sp³-hybridized carbons (Fsp3) is 0.294. The van der Waals surface area contributed by atoms with Gasteiger partial charge in [-0.15, -0.1) is 0 Å². The number of hydrogen-bond donors (Lipinski definition) is 0. The number of ether oxygens (including phenoxy) is 1. The van der Waals surface area contributed by atoms with Crippen LogP contribution in [0.1, 0.15) is 22.8 Å². The van der Waals surface area contributed by atoms with E-state index in [1.54, 1.807) is 16.8 Å². The molecule has 7 nitrogen and oxygen atoms in total. The Kier molecular flexibility index (Phi) is 4.60. The van der Waals surface area contributed by atoms with Gasteiger partial charge in [-0.25, -0.2) is 4.39 Å². The number of benzene rings is 1. The molecule has 1 aromatic carbocycles. The highest BCUT2D eigenvalue weighted by atomic mass is 19.1. The Hall–Kier alpha value is -3.03. The zero-order valence-corrected chi connectivity index (χ0v) is 14.1. The van der Waals surface area contributed by atoms with Crippen LogP contribution in [0, 0.1) is 19.7 Å². The summed E-state index contributed by atoms with van der Waals surface area (Å²) in [6, 6.07) is 5.71. The Morgan fingerprint density at radius 2 is 2.00 bits per heavy atom. The van der Waals surface area contributed by atoms with Crippen LogP contribution in [0.15, 0.2) is 28.8 Å². The van der Waals surface area contributed by atoms with Crippen LogP contribution < -0.4 is 0 Å². The van der Waals surface area contributed by atoms with Crippen molar-refractivity contribution >= 4 is 5.97 Å². The quantitative estimate of drug-likeness (QED) is 0.661. The zero-order valence-electron chi connectivity index (χ0n) is 14.1. The van der Waals surface area contributed by atoms with Crippen molar-refractivity contribution in [2.75, 3.05) is 0 Å². The van der Waals surface area contributed by atoms with Crippen molar-refractivity contribution < 1.29 is 18.4 Å². The number of halogens is 1. The molecule has 0 bridgehead atoms. The molecular formula is C17H17FN4O3. The van der Waals surface area contributed by atoms with Gasteiger partial charge in [-0.2, -0.15) is 10.1 Å². The summed E-state index contributed by atoms with van der Waals surface area (Å²) in [7, 11) is 1.83. The summed E-state index contributed by atoms with van der Waals surface area (Å²) in [6.45, 7) is 3.63. The van der Waals surface area contributed by atoms with Crippen LogP contribution in [-0.4, -0.2) is 25.9 Å². The molecule has 0 saturated carbocycles. The minimum Gasteiger partial charge on any atom is -0.455 e. The summed E-state index contributed by atoms with van der Waals surface area (Å²) in [5, 5.41) is 8.06. The molecule has 0 unspecified atom stereocenters. The number of hydrogen-bond acceptors (Lipinski definition) is 6. The fourth-order valence-electron chi connectivity index (χ4n) is 2.44. The van der Waals surface area contributed by atoms with Crippen molar-refractivity contribution in [3.05, 3.63) is 52.9 Å². The van der Waals surface area contributed by atoms with Gasteiger partial charge < -0.3 is 9.26 Å². The number of carbonyl (C=O) groups is 1. The molecule has 0 aliphatic rings. The van der Waals surface area contributed by atoms with Gasteiger partial charge in [0.1, 0.15) is 5.82 Å². The second-order valence-corrected chi connectivity index (χ2v) is 5.63. The first-order valence-corrected chi connectivity index (χ1v) is 7.67. The third kappa shape index (κ3) is 3.73. The van der Waals surface area contributed by atoms with Crippen LogP contribution in [0.3, 0.4) is 0 Å². The van der Waals surface area contributed by atoms with Gasteiger partial charge in [0.05, 0.1) is 12.1 Å². The molecule has 0 aliphatic heterocycles. The van der Waals surface area contributed by atoms with Gasteiger partial charge in [0.25, 0.3) is 5.89 Å². The van der Waals surface area contributed by atoms with E-state index in [1.807, 2.05) is 20.9 Å². The Morgan fingerprint density at radius 1 is 1.28 bits per heavy atom. The number of aromatic nitrogens is 4. The summed E-state index contributed by atoms with van der Waals surface area (Å²) in [5.41, 5.74) is 3.19. The number of rotatable bonds is 5. The summed E-state index contributed by atoms with van der Waals surface area (Å²) in [5.74, 6) is -0.263. The van der Waals surface area contributed by atoms with E-state index in [0.29, 0.717) is 11.4 Å². The molecule has 0 saturated heterocycles. The van der Waals surface area contributed by atoms with Crippen LogP contribution >= 0.6 is 0 Å². The van der Waals surface area contributed by atoms with Gasteiger partial charge in [0.15, 0.2) is 6.61 Å². The van der Waals surface area contributed by atoms with E-state index in [1.165, 1.54) is 12.1 Å². The lowest BCUT2D eigenvalue weighted by Crippen LogP contribution is -2.09. The van der Waals surface area contributed by atoms with Crippen LogP contribution in [0.5, 0.6) is 0 Å². The predicted molar refractivity (Wildman–Crippen MR) is 85.9 cm³/mol. The highest BCUT2D eigenvalue weighted by Crippen LogP contribution is 2.17. The standard InChI is InChI=1S/C17H17FN4O3/c1-10-14(11(2)22(3)20-10)8-16(23)24-9-15-19-17(21-25-15)12-4-6-13(18)7-5-12/h4-7H,8-9H2,1-3H3. The van der Waals surface area contributed by atoms with Crippen molar-refractivity contribution in [2.45, 2.75) is 26.9 Å². The molecule has 0 N–H and O–H groups in total. The normalized spacial score (nSPS) is 10.9. The third-order valence-corrected chi connectivity index (χ3v) is 3.91. The van der Waals surface area contributed by atoms with E-state index in [9.17, 15) is 9.18 Å². The lowest BCUT2D eigenvalue weighted by molar-refractivity contribution is -0.144. The lowest BCUT2D eigenvalue weighted by Gasteiger charge is -2.02. The number of aryl methyl sites for hydroxylation is 2. The maximum Gasteiger partial charge on any atom is 0.310 e. The molecule has 0 spiro atoms. The first-order valence-electron chi connectivity index (χ1n) is 7.67. The molecule has 0 radical (unpaired) electrons. The van der Waals surface area contributed by atoms with Crippen LogP contribution in [-0.2, 0) is 29.6 Å². The molecule has 8 heteroatoms. The van der Waals surface area contributed by atoms with Gasteiger partial charge in [-0.05, 0) is 38.1 Å². The molecule has 3 rings (SSSR count). The zero-order chi connectivity index (χ0) is 18.0. The summed E-state index contributed by atoms with van der Waals surface area (Å²) in [6.07, 6.45) is 0.129. The number of nitrogens with zero attached hydrogens (tertiary/aromatic N) is 4. The first kappa shape index (κ1) is 16.8. The van der Waals surface area contributed by atoms with Crippen molar-refractivity contribution in [1.29, 1.82) is 0 Å². The summed E-state index contributed by atoms with van der Waals surface area (Å²) in [4.78, 5) is 16.2. The van der Waals surface area contributed by atoms with Gasteiger partial charge in [-0.1, -0.05) is 5.16 Å². The number of esters is 1. The SMILES string of the molecule is Cc1nn(C)c(C)c1CC(=O)OCc1nc(-c2ccc(F)cc2)no1. The smallest absolute Gasteiger partial charge is 0.310 e. The highest BCUT2D eigenvalue weighted by Gasteiger charge is 2.16. The van der Waals surface area contributed by atoms with Crippen LogP contribution in [0.2, 0.25) is 0 Å². The molecule has 0 fully saturated rings. The summed E-state index contributed by atoms with van der Waals surface area (Å²) >= 11 is 0. The molecular weight excluding hydrogens is 327 g/mol. The second kappa shape index (κ2) is 6.84. The Balaban J connectivity index is 1.60. The molecule has 130 valence electrons. The molecule has 25 heavy (non-hydrogen) atoms. The van der Waals surface area contributed by atoms with E-state index in [-0.39, 0.29) is 24.7 Å². The van der Waals surface area contributed by atoms with Crippen LogP contribution in [0.4, 0.5) is 4.39 Å². The van der Waals surface area contributed by atoms with E-state index < -0.39 is 5.97 Å². The Morgan fingerprint density at radius 3 is 2.64 bits per heavy atom. The average Bonchev–Trinajstić information content (AvgIpc) is 3.14. The maximum absolute atomic E-state index is 12.9. The molecule has 0 aliphatic carbocycles. The predicted octanol–water partition coefficient (Wildman–Crippen LogP) is 2.51. The van der Waals surface area contributed by atoms with E-state index in [2.05, 4.69) is 15.2 Å². The topological polar surface area (TPSA) is 83.0 Å². The average molecular weight is 344 g/mol. The molecule has 2 aromatic heterocycles. The van der Waals surface area contributed by atoms with E-state index in [0.717, 1.165) is 17.0 Å². The maximum atomic E-state index is 12.9. The Labute approximate surface area is 143 Å². The fourth-order valence-corrected chi connectivity index (χ4v) is 2.44. The van der Waals surface area contributed by atoms with Crippen molar-refractivity contribution in [3.63, 3.8) is 0 Å². The van der Waals surface area contributed by atoms with E-state index in [4.69, 9.17) is 9.26 Å². The van der Waals surface area contributed by atoms with Crippen molar-refractivity contribution in [2.24, 2.45) is 7.05 Å². The largest absolute Gasteiger partial charge is 0.455 e. The summed E-state index contributed by atoms with van der Waals surface area (Å²) < 4.78 is 24.9. The molecule has 2 heterocycles.